The van der Waals surface area contributed by atoms with Crippen molar-refractivity contribution in [3.63, 3.8) is 0 Å². The lowest BCUT2D eigenvalue weighted by atomic mass is 9.83. The molecule has 0 unspecified atom stereocenters. The van der Waals surface area contributed by atoms with Gasteiger partial charge in [0.1, 0.15) is 17.2 Å². The largest absolute Gasteiger partial charge is 0.506 e. The van der Waals surface area contributed by atoms with E-state index in [1.54, 1.807) is 13.0 Å². The molecule has 6 nitrogen and oxygen atoms in total. The maximum atomic E-state index is 12.2. The van der Waals surface area contributed by atoms with E-state index in [2.05, 4.69) is 0 Å². The fourth-order valence-electron chi connectivity index (χ4n) is 3.25. The van der Waals surface area contributed by atoms with E-state index in [1.807, 2.05) is 0 Å². The Labute approximate surface area is 131 Å². The second kappa shape index (κ2) is 5.24. The van der Waals surface area contributed by atoms with Crippen LogP contribution in [0.3, 0.4) is 0 Å². The van der Waals surface area contributed by atoms with E-state index < -0.39 is 17.6 Å². The third-order valence-corrected chi connectivity index (χ3v) is 4.36. The molecular formula is C17H16O6. The molecular weight excluding hydrogens is 300 g/mol. The third-order valence-electron chi connectivity index (χ3n) is 4.36. The SMILES string of the molecule is COc1c2c(c(O)c3c(O)c(C=O)c(C)cc13)C(=O)CC[C@H]2O. The molecule has 0 spiro atoms. The van der Waals surface area contributed by atoms with Crippen molar-refractivity contribution >= 4 is 22.8 Å². The Hall–Kier alpha value is -2.60. The van der Waals surface area contributed by atoms with Crippen molar-refractivity contribution in [3.05, 3.63) is 28.3 Å². The van der Waals surface area contributed by atoms with Crippen LogP contribution in [0.4, 0.5) is 0 Å². The van der Waals surface area contributed by atoms with Crippen LogP contribution >= 0.6 is 0 Å². The molecule has 2 aromatic rings. The predicted octanol–water partition coefficient (Wildman–Crippen LogP) is 2.39. The van der Waals surface area contributed by atoms with Crippen LogP contribution in [0.5, 0.6) is 17.2 Å². The minimum Gasteiger partial charge on any atom is -0.506 e. The summed E-state index contributed by atoms with van der Waals surface area (Å²) in [6, 6.07) is 1.59. The number of carbonyl (C=O) groups is 2. The van der Waals surface area contributed by atoms with E-state index in [9.17, 15) is 24.9 Å². The van der Waals surface area contributed by atoms with Gasteiger partial charge in [-0.2, -0.15) is 0 Å². The molecule has 23 heavy (non-hydrogen) atoms. The van der Waals surface area contributed by atoms with E-state index in [-0.39, 0.29) is 46.5 Å². The van der Waals surface area contributed by atoms with Crippen LogP contribution in [-0.2, 0) is 0 Å². The normalized spacial score (nSPS) is 17.2. The number of aldehydes is 1. The summed E-state index contributed by atoms with van der Waals surface area (Å²) in [5.41, 5.74) is 0.716. The standard InChI is InChI=1S/C17H16O6/c1-7-5-8-12(15(21)9(7)6-18)16(22)13-10(19)3-4-11(20)14(13)17(8)23-2/h5-6,11,20-22H,3-4H2,1-2H3/t11-/m1/s1. The minimum absolute atomic E-state index is 0.0178. The Morgan fingerprint density at radius 3 is 2.61 bits per heavy atom. The summed E-state index contributed by atoms with van der Waals surface area (Å²) >= 11 is 0. The molecule has 0 aromatic heterocycles. The van der Waals surface area contributed by atoms with Crippen LogP contribution in [0.25, 0.3) is 10.8 Å². The van der Waals surface area contributed by atoms with Crippen molar-refractivity contribution in [1.82, 2.24) is 0 Å². The lowest BCUT2D eigenvalue weighted by Gasteiger charge is -2.26. The number of ether oxygens (including phenoxy) is 1. The van der Waals surface area contributed by atoms with Gasteiger partial charge in [-0.3, -0.25) is 9.59 Å². The number of rotatable bonds is 2. The third kappa shape index (κ3) is 1.98. The van der Waals surface area contributed by atoms with Crippen LogP contribution in [0.1, 0.15) is 50.8 Å². The van der Waals surface area contributed by atoms with E-state index in [1.165, 1.54) is 7.11 Å². The van der Waals surface area contributed by atoms with Crippen LogP contribution in [0.15, 0.2) is 6.07 Å². The highest BCUT2D eigenvalue weighted by Gasteiger charge is 2.34. The summed E-state index contributed by atoms with van der Waals surface area (Å²) in [6.45, 7) is 1.64. The molecule has 0 radical (unpaired) electrons. The number of phenolic OH excluding ortho intramolecular Hbond substituents is 2. The number of hydrogen-bond donors (Lipinski definition) is 3. The minimum atomic E-state index is -0.943. The van der Waals surface area contributed by atoms with Gasteiger partial charge in [0.05, 0.1) is 29.7 Å². The molecule has 6 heteroatoms. The fraction of sp³-hybridized carbons (Fsp3) is 0.294. The van der Waals surface area contributed by atoms with Gasteiger partial charge in [-0.1, -0.05) is 0 Å². The van der Waals surface area contributed by atoms with Crippen LogP contribution in [0, 0.1) is 6.92 Å². The highest BCUT2D eigenvalue weighted by molar-refractivity contribution is 6.12. The van der Waals surface area contributed by atoms with Gasteiger partial charge < -0.3 is 20.1 Å². The Kier molecular flexibility index (Phi) is 3.49. The first kappa shape index (κ1) is 15.3. The number of ketones is 1. The molecule has 2 aromatic carbocycles. The molecule has 0 saturated carbocycles. The van der Waals surface area contributed by atoms with Crippen molar-refractivity contribution in [2.75, 3.05) is 7.11 Å². The molecule has 0 saturated heterocycles. The van der Waals surface area contributed by atoms with E-state index >= 15 is 0 Å². The van der Waals surface area contributed by atoms with Gasteiger partial charge >= 0.3 is 0 Å². The number of carbonyl (C=O) groups excluding carboxylic acids is 2. The van der Waals surface area contributed by atoms with Gasteiger partial charge in [0.25, 0.3) is 0 Å². The number of hydrogen-bond acceptors (Lipinski definition) is 6. The summed E-state index contributed by atoms with van der Waals surface area (Å²) in [6.07, 6.45) is -0.124. The number of aliphatic hydroxyl groups excluding tert-OH is 1. The number of methoxy groups -OCH3 is 1. The maximum absolute atomic E-state index is 12.2. The molecule has 0 fully saturated rings. The predicted molar refractivity (Wildman–Crippen MR) is 82.5 cm³/mol. The zero-order valence-electron chi connectivity index (χ0n) is 12.7. The summed E-state index contributed by atoms with van der Waals surface area (Å²) < 4.78 is 5.36. The van der Waals surface area contributed by atoms with Gasteiger partial charge in [0.15, 0.2) is 12.1 Å². The molecule has 120 valence electrons. The molecule has 3 N–H and O–H groups in total. The molecule has 1 aliphatic rings. The number of aryl methyl sites for hydroxylation is 1. The summed E-state index contributed by atoms with van der Waals surface area (Å²) in [5.74, 6) is -0.943. The average molecular weight is 316 g/mol. The highest BCUT2D eigenvalue weighted by Crippen LogP contribution is 2.50. The number of aromatic hydroxyl groups is 2. The number of fused-ring (bicyclic) bond motifs is 2. The lowest BCUT2D eigenvalue weighted by Crippen LogP contribution is -2.17. The second-order valence-electron chi connectivity index (χ2n) is 5.64. The number of aliphatic hydroxyl groups is 1. The summed E-state index contributed by atoms with van der Waals surface area (Å²) in [5, 5.41) is 31.5. The zero-order valence-corrected chi connectivity index (χ0v) is 12.7. The molecule has 0 amide bonds. The van der Waals surface area contributed by atoms with Crippen molar-refractivity contribution in [1.29, 1.82) is 0 Å². The summed E-state index contributed by atoms with van der Waals surface area (Å²) in [7, 11) is 1.39. The van der Waals surface area contributed by atoms with Crippen LogP contribution in [-0.4, -0.2) is 34.5 Å². The first-order valence-corrected chi connectivity index (χ1v) is 7.17. The zero-order chi connectivity index (χ0) is 16.9. The van der Waals surface area contributed by atoms with Gasteiger partial charge in [0.2, 0.25) is 0 Å². The quantitative estimate of drug-likeness (QED) is 0.735. The Morgan fingerprint density at radius 2 is 2.00 bits per heavy atom. The molecule has 1 aliphatic carbocycles. The van der Waals surface area contributed by atoms with Gasteiger partial charge in [-0.05, 0) is 25.0 Å². The van der Waals surface area contributed by atoms with Gasteiger partial charge in [0, 0.05) is 17.4 Å². The lowest BCUT2D eigenvalue weighted by molar-refractivity contribution is 0.0888. The molecule has 0 aliphatic heterocycles. The average Bonchev–Trinajstić information content (AvgIpc) is 2.51. The van der Waals surface area contributed by atoms with E-state index in [4.69, 9.17) is 4.74 Å². The fourth-order valence-corrected chi connectivity index (χ4v) is 3.25. The Bertz CT molecular complexity index is 853. The van der Waals surface area contributed by atoms with Crippen LogP contribution < -0.4 is 4.74 Å². The number of Topliss-reactive ketones (excluding diaryl/α,β-unsaturated/α-hetero) is 1. The first-order chi connectivity index (χ1) is 10.9. The van der Waals surface area contributed by atoms with Crippen molar-refractivity contribution in [2.45, 2.75) is 25.9 Å². The highest BCUT2D eigenvalue weighted by atomic mass is 16.5. The van der Waals surface area contributed by atoms with Gasteiger partial charge in [-0.15, -0.1) is 0 Å². The molecule has 1 atom stereocenters. The van der Waals surface area contributed by atoms with Crippen molar-refractivity contribution in [3.8, 4) is 17.2 Å². The smallest absolute Gasteiger partial charge is 0.167 e. The molecule has 0 bridgehead atoms. The first-order valence-electron chi connectivity index (χ1n) is 7.17. The van der Waals surface area contributed by atoms with E-state index in [0.717, 1.165) is 0 Å². The van der Waals surface area contributed by atoms with Crippen LogP contribution in [0.2, 0.25) is 0 Å². The molecule has 3 rings (SSSR count). The summed E-state index contributed by atoms with van der Waals surface area (Å²) in [4.78, 5) is 23.4. The van der Waals surface area contributed by atoms with Crippen molar-refractivity contribution in [2.24, 2.45) is 0 Å². The maximum Gasteiger partial charge on any atom is 0.167 e. The monoisotopic (exact) mass is 316 g/mol. The van der Waals surface area contributed by atoms with Gasteiger partial charge in [-0.25, -0.2) is 0 Å². The second-order valence-corrected chi connectivity index (χ2v) is 5.64. The number of benzene rings is 2. The van der Waals surface area contributed by atoms with Crippen molar-refractivity contribution < 1.29 is 29.6 Å². The number of phenols is 2. The topological polar surface area (TPSA) is 104 Å². The Balaban J connectivity index is 2.58. The van der Waals surface area contributed by atoms with E-state index in [0.29, 0.717) is 17.2 Å². The Morgan fingerprint density at radius 1 is 1.30 bits per heavy atom. The molecule has 0 heterocycles.